The average molecular weight is 152 g/mol. The van der Waals surface area contributed by atoms with Gasteiger partial charge in [-0.2, -0.15) is 0 Å². The minimum absolute atomic E-state index is 0.205. The van der Waals surface area contributed by atoms with Gasteiger partial charge in [-0.3, -0.25) is 4.79 Å². The number of carboxylic acid groups (broad SMARTS) is 1. The minimum atomic E-state index is -0.505. The molecule has 0 saturated heterocycles. The third kappa shape index (κ3) is 0.472. The van der Waals surface area contributed by atoms with Crippen LogP contribution in [0.3, 0.4) is 0 Å². The van der Waals surface area contributed by atoms with Crippen LogP contribution in [0.2, 0.25) is 0 Å². The lowest BCUT2D eigenvalue weighted by Gasteiger charge is -2.17. The molecule has 2 nitrogen and oxygen atoms in total. The first kappa shape index (κ1) is 6.04. The summed E-state index contributed by atoms with van der Waals surface area (Å²) in [5.41, 5.74) is -0.205. The molecule has 3 aliphatic carbocycles. The summed E-state index contributed by atoms with van der Waals surface area (Å²) in [6.07, 6.45) is 4.71. The standard InChI is InChI=1S/C9H12O2/c10-8(11)9-4-7(9)5-1-2-6(9)3-5/h5-7H,1-4H2,(H,10,11). The molecule has 2 heteroatoms. The minimum Gasteiger partial charge on any atom is -0.481 e. The van der Waals surface area contributed by atoms with Crippen LogP contribution in [0.1, 0.15) is 25.7 Å². The first-order valence-electron chi connectivity index (χ1n) is 4.48. The number of hydrogen-bond acceptors (Lipinski definition) is 1. The quantitative estimate of drug-likeness (QED) is 0.618. The van der Waals surface area contributed by atoms with Crippen molar-refractivity contribution in [2.24, 2.45) is 23.2 Å². The Kier molecular flexibility index (Phi) is 0.809. The molecule has 0 aliphatic heterocycles. The zero-order chi connectivity index (χ0) is 7.64. The fraction of sp³-hybridized carbons (Fsp3) is 0.889. The van der Waals surface area contributed by atoms with Crippen molar-refractivity contribution < 1.29 is 9.90 Å². The predicted octanol–water partition coefficient (Wildman–Crippen LogP) is 1.51. The van der Waals surface area contributed by atoms with E-state index >= 15 is 0 Å². The van der Waals surface area contributed by atoms with Gasteiger partial charge in [-0.15, -0.1) is 0 Å². The SMILES string of the molecule is O=C(O)C12CC1C1CCC2C1. The Bertz CT molecular complexity index is 236. The van der Waals surface area contributed by atoms with Gasteiger partial charge in [0.2, 0.25) is 0 Å². The zero-order valence-electron chi connectivity index (χ0n) is 6.42. The second-order valence-electron chi connectivity index (χ2n) is 4.43. The van der Waals surface area contributed by atoms with E-state index in [1.54, 1.807) is 0 Å². The Morgan fingerprint density at radius 2 is 2.27 bits per heavy atom. The van der Waals surface area contributed by atoms with Gasteiger partial charge in [0, 0.05) is 0 Å². The summed E-state index contributed by atoms with van der Waals surface area (Å²) < 4.78 is 0. The van der Waals surface area contributed by atoms with Crippen LogP contribution in [-0.4, -0.2) is 11.1 Å². The Hall–Kier alpha value is -0.530. The highest BCUT2D eigenvalue weighted by atomic mass is 16.4. The molecule has 0 radical (unpaired) electrons. The van der Waals surface area contributed by atoms with Crippen molar-refractivity contribution in [3.05, 3.63) is 0 Å². The number of fused-ring (bicyclic) bond motifs is 5. The molecule has 3 saturated carbocycles. The van der Waals surface area contributed by atoms with Crippen molar-refractivity contribution in [1.29, 1.82) is 0 Å². The topological polar surface area (TPSA) is 37.3 Å². The van der Waals surface area contributed by atoms with Crippen LogP contribution < -0.4 is 0 Å². The van der Waals surface area contributed by atoms with E-state index in [9.17, 15) is 4.79 Å². The van der Waals surface area contributed by atoms with Gasteiger partial charge in [0.15, 0.2) is 0 Å². The molecule has 0 aromatic heterocycles. The molecule has 1 N–H and O–H groups in total. The van der Waals surface area contributed by atoms with Crippen molar-refractivity contribution in [1.82, 2.24) is 0 Å². The van der Waals surface area contributed by atoms with Crippen molar-refractivity contribution in [2.75, 3.05) is 0 Å². The zero-order valence-corrected chi connectivity index (χ0v) is 6.42. The molecule has 2 bridgehead atoms. The number of carboxylic acids is 1. The van der Waals surface area contributed by atoms with E-state index in [0.29, 0.717) is 11.8 Å². The summed E-state index contributed by atoms with van der Waals surface area (Å²) in [5, 5.41) is 9.04. The van der Waals surface area contributed by atoms with Crippen LogP contribution >= 0.6 is 0 Å². The first-order chi connectivity index (χ1) is 5.25. The molecule has 0 amide bonds. The third-order valence-electron chi connectivity index (χ3n) is 4.23. The largest absolute Gasteiger partial charge is 0.481 e. The van der Waals surface area contributed by atoms with Gasteiger partial charge in [0.1, 0.15) is 0 Å². The Labute approximate surface area is 65.6 Å². The first-order valence-corrected chi connectivity index (χ1v) is 4.48. The predicted molar refractivity (Wildman–Crippen MR) is 39.0 cm³/mol. The lowest BCUT2D eigenvalue weighted by molar-refractivity contribution is -0.145. The molecule has 0 aromatic carbocycles. The Morgan fingerprint density at radius 1 is 1.45 bits per heavy atom. The van der Waals surface area contributed by atoms with Gasteiger partial charge in [0.25, 0.3) is 0 Å². The Balaban J connectivity index is 2.00. The van der Waals surface area contributed by atoms with Crippen molar-refractivity contribution in [2.45, 2.75) is 25.7 Å². The molecular formula is C9H12O2. The van der Waals surface area contributed by atoms with Crippen molar-refractivity contribution in [3.8, 4) is 0 Å². The van der Waals surface area contributed by atoms with Gasteiger partial charge in [0.05, 0.1) is 5.41 Å². The molecule has 0 spiro atoms. The second kappa shape index (κ2) is 1.47. The monoisotopic (exact) mass is 152 g/mol. The summed E-state index contributed by atoms with van der Waals surface area (Å²) in [4.78, 5) is 11.0. The van der Waals surface area contributed by atoms with Gasteiger partial charge >= 0.3 is 5.97 Å². The van der Waals surface area contributed by atoms with Crippen LogP contribution in [0.4, 0.5) is 0 Å². The van der Waals surface area contributed by atoms with Crippen molar-refractivity contribution in [3.63, 3.8) is 0 Å². The maximum absolute atomic E-state index is 11.0. The van der Waals surface area contributed by atoms with Gasteiger partial charge < -0.3 is 5.11 Å². The van der Waals surface area contributed by atoms with E-state index in [2.05, 4.69) is 0 Å². The fourth-order valence-corrected chi connectivity index (χ4v) is 3.63. The van der Waals surface area contributed by atoms with E-state index < -0.39 is 5.97 Å². The van der Waals surface area contributed by atoms with E-state index in [0.717, 1.165) is 12.3 Å². The third-order valence-corrected chi connectivity index (χ3v) is 4.23. The summed E-state index contributed by atoms with van der Waals surface area (Å²) in [5.74, 6) is 1.42. The maximum Gasteiger partial charge on any atom is 0.310 e. The number of rotatable bonds is 1. The van der Waals surface area contributed by atoms with Crippen LogP contribution in [0.5, 0.6) is 0 Å². The molecule has 3 rings (SSSR count). The van der Waals surface area contributed by atoms with Crippen LogP contribution in [0.15, 0.2) is 0 Å². The average Bonchev–Trinajstić information content (AvgIpc) is 2.50. The number of carbonyl (C=O) groups is 1. The molecule has 4 atom stereocenters. The molecule has 3 fully saturated rings. The normalized spacial score (nSPS) is 57.6. The summed E-state index contributed by atoms with van der Waals surface area (Å²) >= 11 is 0. The molecule has 4 unspecified atom stereocenters. The van der Waals surface area contributed by atoms with Crippen LogP contribution in [-0.2, 0) is 4.79 Å². The summed E-state index contributed by atoms with van der Waals surface area (Å²) in [7, 11) is 0. The molecular weight excluding hydrogens is 140 g/mol. The van der Waals surface area contributed by atoms with E-state index in [4.69, 9.17) is 5.11 Å². The fourth-order valence-electron chi connectivity index (χ4n) is 3.63. The second-order valence-corrected chi connectivity index (χ2v) is 4.43. The van der Waals surface area contributed by atoms with E-state index in [-0.39, 0.29) is 5.41 Å². The lowest BCUT2D eigenvalue weighted by Crippen LogP contribution is -2.24. The van der Waals surface area contributed by atoms with Crippen LogP contribution in [0.25, 0.3) is 0 Å². The van der Waals surface area contributed by atoms with Gasteiger partial charge in [-0.25, -0.2) is 0 Å². The molecule has 0 heterocycles. The van der Waals surface area contributed by atoms with E-state index in [1.165, 1.54) is 19.3 Å². The lowest BCUT2D eigenvalue weighted by atomic mass is 9.87. The highest BCUT2D eigenvalue weighted by Crippen LogP contribution is 2.74. The molecule has 3 aliphatic rings. The highest BCUT2D eigenvalue weighted by molar-refractivity contribution is 5.80. The van der Waals surface area contributed by atoms with Crippen molar-refractivity contribution >= 4 is 5.97 Å². The molecule has 11 heavy (non-hydrogen) atoms. The van der Waals surface area contributed by atoms with Crippen LogP contribution in [0, 0.1) is 23.2 Å². The van der Waals surface area contributed by atoms with Gasteiger partial charge in [-0.1, -0.05) is 0 Å². The van der Waals surface area contributed by atoms with Gasteiger partial charge in [-0.05, 0) is 43.4 Å². The summed E-state index contributed by atoms with van der Waals surface area (Å²) in [6.45, 7) is 0. The number of aliphatic carboxylic acids is 1. The molecule has 0 aromatic rings. The summed E-state index contributed by atoms with van der Waals surface area (Å²) in [6, 6.07) is 0. The smallest absolute Gasteiger partial charge is 0.310 e. The Morgan fingerprint density at radius 3 is 2.73 bits per heavy atom. The highest BCUT2D eigenvalue weighted by Gasteiger charge is 2.73. The van der Waals surface area contributed by atoms with E-state index in [1.807, 2.05) is 0 Å². The maximum atomic E-state index is 11.0. The number of hydrogen-bond donors (Lipinski definition) is 1. The molecule has 60 valence electrons.